The third kappa shape index (κ3) is 2.17. The Balaban J connectivity index is 1.58. The maximum atomic E-state index is 4.85. The highest BCUT2D eigenvalue weighted by Gasteiger charge is 2.16. The number of thiophene rings is 1. The molecule has 27 heavy (non-hydrogen) atoms. The Morgan fingerprint density at radius 1 is 0.963 bits per heavy atom. The molecule has 0 fully saturated rings. The monoisotopic (exact) mass is 388 g/mol. The van der Waals surface area contributed by atoms with Crippen LogP contribution in [0.25, 0.3) is 42.5 Å². The summed E-state index contributed by atoms with van der Waals surface area (Å²) >= 11 is 3.34. The molecule has 0 saturated carbocycles. The number of benzene rings is 1. The molecule has 6 aromatic rings. The molecule has 6 nitrogen and oxygen atoms in total. The first-order chi connectivity index (χ1) is 13.3. The molecule has 130 valence electrons. The molecule has 0 bridgehead atoms. The van der Waals surface area contributed by atoms with Gasteiger partial charge >= 0.3 is 0 Å². The third-order valence-electron chi connectivity index (χ3n) is 4.60. The van der Waals surface area contributed by atoms with Crippen molar-refractivity contribution in [3.05, 3.63) is 60.0 Å². The second kappa shape index (κ2) is 5.45. The van der Waals surface area contributed by atoms with E-state index in [-0.39, 0.29) is 0 Å². The van der Waals surface area contributed by atoms with Crippen LogP contribution in [0.3, 0.4) is 0 Å². The second-order valence-electron chi connectivity index (χ2n) is 6.26. The molecule has 1 aromatic carbocycles. The van der Waals surface area contributed by atoms with Crippen molar-refractivity contribution in [2.75, 3.05) is 0 Å². The van der Waals surface area contributed by atoms with Crippen molar-refractivity contribution >= 4 is 44.1 Å². The Bertz CT molecular complexity index is 1420. The first kappa shape index (κ1) is 15.0. The van der Waals surface area contributed by atoms with Crippen molar-refractivity contribution in [3.8, 4) is 21.1 Å². The molecule has 0 N–H and O–H groups in total. The van der Waals surface area contributed by atoms with Crippen LogP contribution in [0.15, 0.2) is 54.2 Å². The topological polar surface area (TPSA) is 60.4 Å². The average molecular weight is 388 g/mol. The minimum absolute atomic E-state index is 0.781. The number of thiazole rings is 1. The number of aryl methyl sites for hydroxylation is 1. The largest absolute Gasteiger partial charge is 0.297 e. The molecule has 0 aliphatic rings. The summed E-state index contributed by atoms with van der Waals surface area (Å²) in [6, 6.07) is 12.5. The predicted octanol–water partition coefficient (Wildman–Crippen LogP) is 4.69. The number of hydrogen-bond acceptors (Lipinski definition) is 6. The van der Waals surface area contributed by atoms with Gasteiger partial charge in [-0.2, -0.15) is 9.61 Å². The summed E-state index contributed by atoms with van der Waals surface area (Å²) in [6.07, 6.45) is 4.10. The highest BCUT2D eigenvalue weighted by molar-refractivity contribution is 7.19. The lowest BCUT2D eigenvalue weighted by Crippen LogP contribution is -1.98. The molecule has 0 unspecified atom stereocenters. The quantitative estimate of drug-likeness (QED) is 0.432. The molecule has 0 radical (unpaired) electrons. The number of nitrogens with zero attached hydrogens (tertiary/aromatic N) is 6. The fourth-order valence-corrected chi connectivity index (χ4v) is 4.97. The van der Waals surface area contributed by atoms with Crippen LogP contribution in [-0.2, 0) is 0 Å². The van der Waals surface area contributed by atoms with Crippen molar-refractivity contribution in [2.24, 2.45) is 0 Å². The van der Waals surface area contributed by atoms with E-state index in [1.165, 1.54) is 0 Å². The minimum Gasteiger partial charge on any atom is -0.297 e. The zero-order valence-corrected chi connectivity index (χ0v) is 15.8. The zero-order valence-electron chi connectivity index (χ0n) is 14.2. The van der Waals surface area contributed by atoms with Crippen LogP contribution in [0, 0.1) is 6.92 Å². The van der Waals surface area contributed by atoms with Gasteiger partial charge in [-0.3, -0.25) is 4.40 Å². The predicted molar refractivity (Wildman–Crippen MR) is 108 cm³/mol. The summed E-state index contributed by atoms with van der Waals surface area (Å²) in [5, 5.41) is 17.5. The highest BCUT2D eigenvalue weighted by atomic mass is 32.1. The Kier molecular flexibility index (Phi) is 3.03. The molecule has 0 saturated heterocycles. The number of fused-ring (bicyclic) bond motifs is 4. The fourth-order valence-electron chi connectivity index (χ4n) is 3.31. The number of imidazole rings is 1. The normalized spacial score (nSPS) is 11.9. The minimum atomic E-state index is 0.781. The number of rotatable bonds is 2. The smallest absolute Gasteiger partial charge is 0.194 e. The summed E-state index contributed by atoms with van der Waals surface area (Å²) < 4.78 is 3.88. The van der Waals surface area contributed by atoms with Gasteiger partial charge in [0.15, 0.2) is 16.4 Å². The molecule has 0 aliphatic carbocycles. The lowest BCUT2D eigenvalue weighted by atomic mass is 10.1. The first-order valence-electron chi connectivity index (χ1n) is 8.41. The molecule has 6 rings (SSSR count). The van der Waals surface area contributed by atoms with Gasteiger partial charge < -0.3 is 0 Å². The van der Waals surface area contributed by atoms with Crippen LogP contribution >= 0.6 is 22.7 Å². The summed E-state index contributed by atoms with van der Waals surface area (Å²) in [7, 11) is 0. The lowest BCUT2D eigenvalue weighted by molar-refractivity contribution is 0.887. The zero-order chi connectivity index (χ0) is 18.0. The van der Waals surface area contributed by atoms with E-state index >= 15 is 0 Å². The van der Waals surface area contributed by atoms with Crippen LogP contribution in [0.2, 0.25) is 0 Å². The maximum absolute atomic E-state index is 4.85. The average Bonchev–Trinajstić information content (AvgIpc) is 3.44. The van der Waals surface area contributed by atoms with Crippen molar-refractivity contribution in [1.29, 1.82) is 0 Å². The van der Waals surface area contributed by atoms with Crippen LogP contribution < -0.4 is 0 Å². The van der Waals surface area contributed by atoms with Gasteiger partial charge in [-0.25, -0.2) is 4.98 Å². The Labute approximate surface area is 161 Å². The first-order valence-corrected chi connectivity index (χ1v) is 10.1. The van der Waals surface area contributed by atoms with Crippen molar-refractivity contribution in [1.82, 2.24) is 29.2 Å². The van der Waals surface area contributed by atoms with E-state index in [0.29, 0.717) is 0 Å². The van der Waals surface area contributed by atoms with Gasteiger partial charge in [-0.05, 0) is 19.1 Å². The molecular weight excluding hydrogens is 376 g/mol. The van der Waals surface area contributed by atoms with Crippen LogP contribution in [0.5, 0.6) is 0 Å². The molecule has 0 amide bonds. The van der Waals surface area contributed by atoms with Gasteiger partial charge in [0.2, 0.25) is 0 Å². The SMILES string of the molecule is Cc1nnc2c3ccccc3c(-c3ccc(-c4cn5ccsc5n4)s3)nn12. The molecule has 0 atom stereocenters. The number of aromatic nitrogens is 6. The molecule has 0 aliphatic heterocycles. The van der Waals surface area contributed by atoms with Crippen LogP contribution in [-0.4, -0.2) is 29.2 Å². The van der Waals surface area contributed by atoms with Crippen LogP contribution in [0.1, 0.15) is 5.82 Å². The van der Waals surface area contributed by atoms with Gasteiger partial charge in [0.05, 0.1) is 9.75 Å². The van der Waals surface area contributed by atoms with Crippen molar-refractivity contribution in [3.63, 3.8) is 0 Å². The van der Waals surface area contributed by atoms with Gasteiger partial charge in [-0.15, -0.1) is 32.9 Å². The molecular formula is C19H12N6S2. The second-order valence-corrected chi connectivity index (χ2v) is 8.22. The fraction of sp³-hybridized carbons (Fsp3) is 0.0526. The summed E-state index contributed by atoms with van der Waals surface area (Å²) in [5.41, 5.74) is 2.72. The summed E-state index contributed by atoms with van der Waals surface area (Å²) in [5.74, 6) is 0.781. The van der Waals surface area contributed by atoms with E-state index in [9.17, 15) is 0 Å². The molecule has 0 spiro atoms. The van der Waals surface area contributed by atoms with E-state index in [1.54, 1.807) is 22.7 Å². The Hall–Kier alpha value is -3.10. The lowest BCUT2D eigenvalue weighted by Gasteiger charge is -2.06. The van der Waals surface area contributed by atoms with Gasteiger partial charge in [0.1, 0.15) is 11.4 Å². The highest BCUT2D eigenvalue weighted by Crippen LogP contribution is 2.37. The van der Waals surface area contributed by atoms with E-state index in [1.807, 2.05) is 35.1 Å². The van der Waals surface area contributed by atoms with E-state index < -0.39 is 0 Å². The number of hydrogen-bond donors (Lipinski definition) is 0. The Morgan fingerprint density at radius 2 is 1.81 bits per heavy atom. The third-order valence-corrected chi connectivity index (χ3v) is 6.49. The van der Waals surface area contributed by atoms with Gasteiger partial charge in [0, 0.05) is 28.5 Å². The van der Waals surface area contributed by atoms with Gasteiger partial charge in [0.25, 0.3) is 0 Å². The van der Waals surface area contributed by atoms with E-state index in [2.05, 4.69) is 45.1 Å². The van der Waals surface area contributed by atoms with Crippen LogP contribution in [0.4, 0.5) is 0 Å². The van der Waals surface area contributed by atoms with E-state index in [4.69, 9.17) is 10.1 Å². The summed E-state index contributed by atoms with van der Waals surface area (Å²) in [6.45, 7) is 1.92. The summed E-state index contributed by atoms with van der Waals surface area (Å²) in [4.78, 5) is 7.96. The van der Waals surface area contributed by atoms with E-state index in [0.717, 1.165) is 48.3 Å². The Morgan fingerprint density at radius 3 is 2.70 bits per heavy atom. The molecule has 8 heteroatoms. The van der Waals surface area contributed by atoms with Gasteiger partial charge in [-0.1, -0.05) is 24.3 Å². The maximum Gasteiger partial charge on any atom is 0.194 e. The standard InChI is InChI=1S/C19H12N6S2/c1-11-21-22-18-13-5-3-2-4-12(13)17(23-25(11)18)16-7-6-15(27-16)14-10-24-8-9-26-19(24)20-14/h2-10H,1H3. The van der Waals surface area contributed by atoms with Crippen molar-refractivity contribution < 1.29 is 0 Å². The molecule has 5 aromatic heterocycles. The van der Waals surface area contributed by atoms with Crippen molar-refractivity contribution in [2.45, 2.75) is 6.92 Å². The molecule has 5 heterocycles.